The van der Waals surface area contributed by atoms with Gasteiger partial charge in [0.2, 0.25) is 0 Å². The van der Waals surface area contributed by atoms with Crippen molar-refractivity contribution < 1.29 is 19.0 Å². The molecule has 0 saturated heterocycles. The van der Waals surface area contributed by atoms with E-state index in [0.29, 0.717) is 18.8 Å². The van der Waals surface area contributed by atoms with Crippen molar-refractivity contribution in [2.75, 3.05) is 13.2 Å². The SMILES string of the molecule is CCCCOC(OCCCC)OC(=O)C(C)=C([SiH3])CCC. The Hall–Kier alpha value is -0.653. The fourth-order valence-electron chi connectivity index (χ4n) is 1.68. The topological polar surface area (TPSA) is 44.8 Å². The first kappa shape index (κ1) is 20.3. The fraction of sp³-hybridized carbons (Fsp3) is 0.812. The Kier molecular flexibility index (Phi) is 12.6. The number of esters is 1. The lowest BCUT2D eigenvalue weighted by Gasteiger charge is -2.19. The second kappa shape index (κ2) is 13.0. The van der Waals surface area contributed by atoms with Crippen molar-refractivity contribution in [2.45, 2.75) is 72.7 Å². The molecule has 0 heterocycles. The Balaban J connectivity index is 4.47. The van der Waals surface area contributed by atoms with E-state index in [0.717, 1.165) is 48.8 Å². The van der Waals surface area contributed by atoms with Crippen molar-refractivity contribution in [1.29, 1.82) is 0 Å². The Bertz CT molecular complexity index is 305. The minimum atomic E-state index is -0.873. The molecule has 0 N–H and O–H groups in total. The maximum absolute atomic E-state index is 12.1. The lowest BCUT2D eigenvalue weighted by Crippen LogP contribution is -2.26. The second-order valence-electron chi connectivity index (χ2n) is 5.30. The molecule has 0 saturated carbocycles. The van der Waals surface area contributed by atoms with Crippen LogP contribution in [0.1, 0.15) is 66.2 Å². The van der Waals surface area contributed by atoms with Crippen LogP contribution in [-0.4, -0.2) is 35.9 Å². The van der Waals surface area contributed by atoms with E-state index in [4.69, 9.17) is 14.2 Å². The Labute approximate surface area is 132 Å². The zero-order valence-corrected chi connectivity index (χ0v) is 16.4. The van der Waals surface area contributed by atoms with Crippen LogP contribution in [0, 0.1) is 0 Å². The summed E-state index contributed by atoms with van der Waals surface area (Å²) < 4.78 is 16.4. The number of carbonyl (C=O) groups excluding carboxylic acids is 1. The Morgan fingerprint density at radius 3 is 1.95 bits per heavy atom. The monoisotopic (exact) mass is 316 g/mol. The van der Waals surface area contributed by atoms with Gasteiger partial charge in [-0.2, -0.15) is 0 Å². The van der Waals surface area contributed by atoms with Crippen LogP contribution in [0.2, 0.25) is 0 Å². The number of rotatable bonds is 12. The third-order valence-electron chi connectivity index (χ3n) is 3.28. The van der Waals surface area contributed by atoms with Crippen LogP contribution in [-0.2, 0) is 19.0 Å². The van der Waals surface area contributed by atoms with E-state index in [2.05, 4.69) is 20.8 Å². The predicted molar refractivity (Wildman–Crippen MR) is 89.1 cm³/mol. The maximum atomic E-state index is 12.1. The average molecular weight is 317 g/mol. The molecule has 5 heteroatoms. The molecule has 0 rings (SSSR count). The highest BCUT2D eigenvalue weighted by atomic mass is 28.1. The fourth-order valence-corrected chi connectivity index (χ4v) is 2.38. The summed E-state index contributed by atoms with van der Waals surface area (Å²) in [5.41, 5.74) is 0.715. The van der Waals surface area contributed by atoms with E-state index in [1.807, 2.05) is 6.92 Å². The quantitative estimate of drug-likeness (QED) is 0.183. The molecule has 0 aliphatic rings. The van der Waals surface area contributed by atoms with Crippen molar-refractivity contribution in [3.8, 4) is 0 Å². The van der Waals surface area contributed by atoms with Crippen molar-refractivity contribution in [2.24, 2.45) is 0 Å². The lowest BCUT2D eigenvalue weighted by molar-refractivity contribution is -0.274. The predicted octanol–water partition coefficient (Wildman–Crippen LogP) is 2.89. The zero-order valence-electron chi connectivity index (χ0n) is 14.4. The summed E-state index contributed by atoms with van der Waals surface area (Å²) in [6, 6.07) is 0. The molecule has 0 aliphatic heterocycles. The number of hydrogen-bond donors (Lipinski definition) is 0. The molecular formula is C16H32O4Si. The first-order valence-corrected chi connectivity index (χ1v) is 9.17. The van der Waals surface area contributed by atoms with Crippen molar-refractivity contribution >= 4 is 16.2 Å². The van der Waals surface area contributed by atoms with Gasteiger partial charge in [-0.15, -0.1) is 0 Å². The van der Waals surface area contributed by atoms with Gasteiger partial charge in [0.05, 0.1) is 13.2 Å². The smallest absolute Gasteiger partial charge is 0.337 e. The molecule has 4 nitrogen and oxygen atoms in total. The number of hydrogen-bond acceptors (Lipinski definition) is 4. The van der Waals surface area contributed by atoms with Gasteiger partial charge in [0, 0.05) is 15.8 Å². The van der Waals surface area contributed by atoms with Crippen LogP contribution >= 0.6 is 0 Å². The Morgan fingerprint density at radius 2 is 1.52 bits per heavy atom. The van der Waals surface area contributed by atoms with E-state index in [-0.39, 0.29) is 5.97 Å². The number of carbonyl (C=O) groups is 1. The van der Waals surface area contributed by atoms with E-state index in [1.54, 1.807) is 0 Å². The molecule has 0 aromatic heterocycles. The van der Waals surface area contributed by atoms with Gasteiger partial charge in [0.1, 0.15) is 0 Å². The summed E-state index contributed by atoms with van der Waals surface area (Å²) in [6.45, 7) is 8.35. The summed E-state index contributed by atoms with van der Waals surface area (Å²) in [5, 5.41) is 1.20. The molecule has 0 spiro atoms. The van der Waals surface area contributed by atoms with Gasteiger partial charge in [-0.3, -0.25) is 0 Å². The van der Waals surface area contributed by atoms with Crippen LogP contribution in [0.5, 0.6) is 0 Å². The number of ether oxygens (including phenoxy) is 3. The third kappa shape index (κ3) is 9.82. The summed E-state index contributed by atoms with van der Waals surface area (Å²) in [5.74, 6) is -0.313. The summed E-state index contributed by atoms with van der Waals surface area (Å²) in [6.07, 6.45) is 5.95. The summed E-state index contributed by atoms with van der Waals surface area (Å²) >= 11 is 0. The first-order chi connectivity index (χ1) is 10.1. The van der Waals surface area contributed by atoms with E-state index < -0.39 is 6.48 Å². The number of allylic oxidation sites excluding steroid dienone is 1. The molecule has 21 heavy (non-hydrogen) atoms. The molecule has 0 unspecified atom stereocenters. The molecule has 0 aliphatic carbocycles. The van der Waals surface area contributed by atoms with Crippen molar-refractivity contribution in [1.82, 2.24) is 0 Å². The Morgan fingerprint density at radius 1 is 1.00 bits per heavy atom. The molecular weight excluding hydrogens is 284 g/mol. The minimum absolute atomic E-state index is 0.313. The largest absolute Gasteiger partial charge is 0.407 e. The van der Waals surface area contributed by atoms with Crippen LogP contribution in [0.4, 0.5) is 0 Å². The van der Waals surface area contributed by atoms with Crippen molar-refractivity contribution in [3.05, 3.63) is 10.8 Å². The van der Waals surface area contributed by atoms with Crippen LogP contribution < -0.4 is 0 Å². The summed E-state index contributed by atoms with van der Waals surface area (Å²) in [4.78, 5) is 12.1. The van der Waals surface area contributed by atoms with Gasteiger partial charge in [-0.05, 0) is 26.2 Å². The van der Waals surface area contributed by atoms with E-state index >= 15 is 0 Å². The number of unbranched alkanes of at least 4 members (excludes halogenated alkanes) is 2. The normalized spacial score (nSPS) is 12.6. The van der Waals surface area contributed by atoms with Gasteiger partial charge in [0.25, 0.3) is 0 Å². The average Bonchev–Trinajstić information content (AvgIpc) is 2.46. The highest BCUT2D eigenvalue weighted by Gasteiger charge is 2.17. The van der Waals surface area contributed by atoms with Gasteiger partial charge < -0.3 is 14.2 Å². The maximum Gasteiger partial charge on any atom is 0.337 e. The molecule has 0 aromatic rings. The molecule has 124 valence electrons. The molecule has 0 atom stereocenters. The van der Waals surface area contributed by atoms with Gasteiger partial charge in [-0.1, -0.05) is 45.2 Å². The molecule has 0 radical (unpaired) electrons. The standard InChI is InChI=1S/C16H32O4Si/c1-5-8-11-18-16(19-12-9-6-2)20-15(17)13(4)14(21)10-7-3/h16H,5-12H2,1-4,21H3. The van der Waals surface area contributed by atoms with Crippen molar-refractivity contribution in [3.63, 3.8) is 0 Å². The molecule has 0 bridgehead atoms. The van der Waals surface area contributed by atoms with E-state index in [9.17, 15) is 4.79 Å². The molecule has 0 amide bonds. The van der Waals surface area contributed by atoms with Gasteiger partial charge >= 0.3 is 12.4 Å². The minimum Gasteiger partial charge on any atom is -0.407 e. The zero-order chi connectivity index (χ0) is 16.1. The summed E-state index contributed by atoms with van der Waals surface area (Å²) in [7, 11) is 0.885. The van der Waals surface area contributed by atoms with Crippen LogP contribution in [0.15, 0.2) is 10.8 Å². The third-order valence-corrected chi connectivity index (χ3v) is 4.53. The molecule has 0 aromatic carbocycles. The van der Waals surface area contributed by atoms with E-state index in [1.165, 1.54) is 5.20 Å². The van der Waals surface area contributed by atoms with Gasteiger partial charge in [-0.25, -0.2) is 4.79 Å². The highest BCUT2D eigenvalue weighted by molar-refractivity contribution is 6.24. The van der Waals surface area contributed by atoms with Gasteiger partial charge in [0.15, 0.2) is 0 Å². The molecule has 0 fully saturated rings. The second-order valence-corrected chi connectivity index (χ2v) is 6.51. The van der Waals surface area contributed by atoms with Crippen LogP contribution in [0.25, 0.3) is 0 Å². The first-order valence-electron chi connectivity index (χ1n) is 8.17. The lowest BCUT2D eigenvalue weighted by atomic mass is 10.2. The van der Waals surface area contributed by atoms with Crippen LogP contribution in [0.3, 0.4) is 0 Å². The highest BCUT2D eigenvalue weighted by Crippen LogP contribution is 2.11.